The summed E-state index contributed by atoms with van der Waals surface area (Å²) in [6.07, 6.45) is -6.02. The normalized spacial score (nSPS) is 11.9. The van der Waals surface area contributed by atoms with Gasteiger partial charge >= 0.3 is 6.18 Å². The molecule has 1 heterocycles. The molecule has 0 spiro atoms. The Morgan fingerprint density at radius 2 is 2.06 bits per heavy atom. The number of carbonyl (C=O) groups excluding carboxylic acids is 1. The number of ketones is 1. The summed E-state index contributed by atoms with van der Waals surface area (Å²) in [5.41, 5.74) is 1.07. The van der Waals surface area contributed by atoms with Crippen LogP contribution in [0.15, 0.2) is 0 Å². The van der Waals surface area contributed by atoms with E-state index in [1.165, 1.54) is 4.68 Å². The third-order valence-corrected chi connectivity index (χ3v) is 2.80. The van der Waals surface area contributed by atoms with Crippen molar-refractivity contribution in [2.45, 2.75) is 32.4 Å². The predicted molar refractivity (Wildman–Crippen MR) is 57.0 cm³/mol. The van der Waals surface area contributed by atoms with Crippen molar-refractivity contribution >= 4 is 17.4 Å². The monoisotopic (exact) mass is 268 g/mol. The summed E-state index contributed by atoms with van der Waals surface area (Å²) in [5.74, 6) is -0.486. The number of halogens is 4. The van der Waals surface area contributed by atoms with Crippen LogP contribution >= 0.6 is 11.6 Å². The first-order valence-corrected chi connectivity index (χ1v) is 5.35. The number of hydrogen-bond donors (Lipinski definition) is 0. The van der Waals surface area contributed by atoms with Crippen LogP contribution in [0.3, 0.4) is 0 Å². The van der Waals surface area contributed by atoms with Crippen LogP contribution in [0, 0.1) is 6.92 Å². The van der Waals surface area contributed by atoms with Gasteiger partial charge in [-0.2, -0.15) is 18.3 Å². The van der Waals surface area contributed by atoms with Crippen LogP contribution in [-0.2, 0) is 18.3 Å². The Hall–Kier alpha value is -1.04. The minimum absolute atomic E-state index is 0.103. The molecular weight excluding hydrogens is 257 g/mol. The van der Waals surface area contributed by atoms with Crippen LogP contribution in [0.2, 0.25) is 5.15 Å². The molecule has 0 aliphatic carbocycles. The van der Waals surface area contributed by atoms with Gasteiger partial charge in [0.1, 0.15) is 10.9 Å². The minimum Gasteiger partial charge on any atom is -0.299 e. The van der Waals surface area contributed by atoms with Crippen molar-refractivity contribution in [2.24, 2.45) is 7.05 Å². The van der Waals surface area contributed by atoms with Crippen molar-refractivity contribution in [2.75, 3.05) is 0 Å². The summed E-state index contributed by atoms with van der Waals surface area (Å²) in [5, 5.41) is 4.28. The number of hydrogen-bond acceptors (Lipinski definition) is 2. The van der Waals surface area contributed by atoms with Gasteiger partial charge in [-0.3, -0.25) is 9.48 Å². The molecule has 0 radical (unpaired) electrons. The third-order valence-electron chi connectivity index (χ3n) is 2.33. The molecule has 96 valence electrons. The maximum Gasteiger partial charge on any atom is 0.389 e. The van der Waals surface area contributed by atoms with Crippen LogP contribution in [0.25, 0.3) is 0 Å². The van der Waals surface area contributed by atoms with E-state index in [9.17, 15) is 18.0 Å². The number of aromatic nitrogens is 2. The fraction of sp³-hybridized carbons (Fsp3) is 0.600. The minimum atomic E-state index is -4.30. The third kappa shape index (κ3) is 4.03. The van der Waals surface area contributed by atoms with Gasteiger partial charge in [0, 0.05) is 25.5 Å². The zero-order chi connectivity index (χ0) is 13.2. The van der Waals surface area contributed by atoms with Gasteiger partial charge in [0.15, 0.2) is 0 Å². The molecule has 3 nitrogen and oxygen atoms in total. The first-order chi connectivity index (χ1) is 7.70. The van der Waals surface area contributed by atoms with Crippen molar-refractivity contribution < 1.29 is 18.0 Å². The van der Waals surface area contributed by atoms with E-state index in [-0.39, 0.29) is 6.42 Å². The largest absolute Gasteiger partial charge is 0.389 e. The first kappa shape index (κ1) is 14.0. The number of alkyl halides is 3. The molecule has 1 rings (SSSR count). The van der Waals surface area contributed by atoms with E-state index in [1.807, 2.05) is 0 Å². The lowest BCUT2D eigenvalue weighted by Crippen LogP contribution is -2.12. The maximum absolute atomic E-state index is 11.9. The Morgan fingerprint density at radius 3 is 2.47 bits per heavy atom. The van der Waals surface area contributed by atoms with Crippen LogP contribution in [0.4, 0.5) is 13.2 Å². The fourth-order valence-corrected chi connectivity index (χ4v) is 1.68. The van der Waals surface area contributed by atoms with Crippen molar-refractivity contribution in [3.63, 3.8) is 0 Å². The van der Waals surface area contributed by atoms with E-state index in [1.54, 1.807) is 14.0 Å². The van der Waals surface area contributed by atoms with Gasteiger partial charge in [0.05, 0.1) is 12.1 Å². The van der Waals surface area contributed by atoms with Gasteiger partial charge in [-0.1, -0.05) is 11.6 Å². The average Bonchev–Trinajstić information content (AvgIpc) is 2.41. The van der Waals surface area contributed by atoms with E-state index in [2.05, 4.69) is 5.10 Å². The second-order valence-corrected chi connectivity index (χ2v) is 4.17. The highest BCUT2D eigenvalue weighted by Gasteiger charge is 2.28. The van der Waals surface area contributed by atoms with Gasteiger partial charge in [-0.05, 0) is 6.92 Å². The zero-order valence-corrected chi connectivity index (χ0v) is 10.2. The van der Waals surface area contributed by atoms with Crippen LogP contribution in [0.1, 0.15) is 24.1 Å². The molecule has 7 heteroatoms. The molecule has 0 bridgehead atoms. The Balaban J connectivity index is 2.63. The molecule has 0 atom stereocenters. The molecule has 0 N–H and O–H groups in total. The highest BCUT2D eigenvalue weighted by atomic mass is 35.5. The van der Waals surface area contributed by atoms with Gasteiger partial charge in [0.25, 0.3) is 0 Å². The molecule has 0 aromatic carbocycles. The first-order valence-electron chi connectivity index (χ1n) is 4.97. The second kappa shape index (κ2) is 5.08. The maximum atomic E-state index is 11.9. The summed E-state index contributed by atoms with van der Waals surface area (Å²) in [6.45, 7) is 1.66. The number of rotatable bonds is 4. The van der Waals surface area contributed by atoms with Crippen LogP contribution < -0.4 is 0 Å². The summed E-state index contributed by atoms with van der Waals surface area (Å²) < 4.78 is 37.2. The van der Waals surface area contributed by atoms with E-state index < -0.39 is 24.8 Å². The summed E-state index contributed by atoms with van der Waals surface area (Å²) >= 11 is 5.87. The summed E-state index contributed by atoms with van der Waals surface area (Å²) in [4.78, 5) is 11.4. The fourth-order valence-electron chi connectivity index (χ4n) is 1.44. The van der Waals surface area contributed by atoms with Crippen molar-refractivity contribution in [1.29, 1.82) is 0 Å². The summed E-state index contributed by atoms with van der Waals surface area (Å²) in [7, 11) is 1.61. The highest BCUT2D eigenvalue weighted by Crippen LogP contribution is 2.24. The van der Waals surface area contributed by atoms with E-state index in [0.717, 1.165) is 0 Å². The average molecular weight is 269 g/mol. The van der Waals surface area contributed by atoms with E-state index in [0.29, 0.717) is 16.4 Å². The Labute approximate surface area is 102 Å². The number of Topliss-reactive ketones (excluding diaryl/α,β-unsaturated/α-hetero) is 1. The smallest absolute Gasteiger partial charge is 0.299 e. The Kier molecular flexibility index (Phi) is 4.19. The quantitative estimate of drug-likeness (QED) is 0.842. The number of carbonyl (C=O) groups is 1. The molecule has 17 heavy (non-hydrogen) atoms. The van der Waals surface area contributed by atoms with Crippen molar-refractivity contribution in [1.82, 2.24) is 9.78 Å². The van der Waals surface area contributed by atoms with Crippen molar-refractivity contribution in [3.05, 3.63) is 16.4 Å². The topological polar surface area (TPSA) is 34.9 Å². The molecule has 1 aromatic heterocycles. The van der Waals surface area contributed by atoms with Gasteiger partial charge in [-0.15, -0.1) is 0 Å². The molecule has 0 unspecified atom stereocenters. The van der Waals surface area contributed by atoms with Gasteiger partial charge in [0.2, 0.25) is 0 Å². The standard InChI is InChI=1S/C10H12ClF3N2O/c1-6-8(9(11)16(2)15-6)5-7(17)3-4-10(12,13)14/h3-5H2,1-2H3. The van der Waals surface area contributed by atoms with E-state index >= 15 is 0 Å². The van der Waals surface area contributed by atoms with Gasteiger partial charge < -0.3 is 0 Å². The van der Waals surface area contributed by atoms with Crippen LogP contribution in [0.5, 0.6) is 0 Å². The zero-order valence-electron chi connectivity index (χ0n) is 9.44. The number of aryl methyl sites for hydroxylation is 2. The molecule has 0 saturated carbocycles. The molecule has 0 fully saturated rings. The predicted octanol–water partition coefficient (Wildman–Crippen LogP) is 2.84. The lowest BCUT2D eigenvalue weighted by atomic mass is 10.1. The lowest BCUT2D eigenvalue weighted by molar-refractivity contribution is -0.143. The molecule has 1 aromatic rings. The van der Waals surface area contributed by atoms with Gasteiger partial charge in [-0.25, -0.2) is 0 Å². The second-order valence-electron chi connectivity index (χ2n) is 3.81. The molecule has 0 amide bonds. The molecule has 0 saturated heterocycles. The molecule has 0 aliphatic rings. The number of nitrogens with zero attached hydrogens (tertiary/aromatic N) is 2. The van der Waals surface area contributed by atoms with Crippen molar-refractivity contribution in [3.8, 4) is 0 Å². The Bertz CT molecular complexity index is 426. The lowest BCUT2D eigenvalue weighted by Gasteiger charge is -2.05. The summed E-state index contributed by atoms with van der Waals surface area (Å²) in [6, 6.07) is 0. The SMILES string of the molecule is Cc1nn(C)c(Cl)c1CC(=O)CCC(F)(F)F. The van der Waals surface area contributed by atoms with E-state index in [4.69, 9.17) is 11.6 Å². The van der Waals surface area contributed by atoms with Crippen LogP contribution in [-0.4, -0.2) is 21.7 Å². The molecule has 0 aliphatic heterocycles. The Morgan fingerprint density at radius 1 is 1.47 bits per heavy atom. The molecular formula is C10H12ClF3N2O. The highest BCUT2D eigenvalue weighted by molar-refractivity contribution is 6.30.